The first-order valence-electron chi connectivity index (χ1n) is 7.54. The molecule has 1 atom stereocenters. The molecular formula is C18H20N2. The molecule has 1 N–H and O–H groups in total. The number of hydrogen-bond acceptors (Lipinski definition) is 2. The zero-order valence-electron chi connectivity index (χ0n) is 11.9. The second kappa shape index (κ2) is 4.55. The van der Waals surface area contributed by atoms with Crippen LogP contribution in [0, 0.1) is 6.92 Å². The molecule has 0 amide bonds. The van der Waals surface area contributed by atoms with Gasteiger partial charge in [-0.05, 0) is 55.5 Å². The van der Waals surface area contributed by atoms with Gasteiger partial charge in [0.1, 0.15) is 0 Å². The van der Waals surface area contributed by atoms with Crippen molar-refractivity contribution >= 4 is 17.1 Å². The van der Waals surface area contributed by atoms with E-state index in [4.69, 9.17) is 0 Å². The van der Waals surface area contributed by atoms with Crippen molar-refractivity contribution in [2.24, 2.45) is 0 Å². The lowest BCUT2D eigenvalue weighted by atomic mass is 9.83. The van der Waals surface area contributed by atoms with Gasteiger partial charge in [0.15, 0.2) is 0 Å². The molecule has 2 heterocycles. The fraction of sp³-hybridized carbons (Fsp3) is 0.333. The van der Waals surface area contributed by atoms with E-state index in [1.54, 1.807) is 0 Å². The third-order valence-electron chi connectivity index (χ3n) is 4.60. The standard InChI is InChI=1S/C18H20N2/c1-13-4-2-5-15(12-13)20-11-9-14-8-10-19-16-6-3-7-17(20)18(14)16/h2-7,12,14,19H,8-11H2,1H3. The van der Waals surface area contributed by atoms with Crippen LogP contribution >= 0.6 is 0 Å². The first-order valence-corrected chi connectivity index (χ1v) is 7.54. The van der Waals surface area contributed by atoms with Gasteiger partial charge in [0.25, 0.3) is 0 Å². The van der Waals surface area contributed by atoms with Crippen molar-refractivity contribution in [2.45, 2.75) is 25.7 Å². The molecule has 4 rings (SSSR count). The van der Waals surface area contributed by atoms with Crippen molar-refractivity contribution in [1.29, 1.82) is 0 Å². The van der Waals surface area contributed by atoms with Crippen LogP contribution in [0.15, 0.2) is 42.5 Å². The Morgan fingerprint density at radius 1 is 1.10 bits per heavy atom. The summed E-state index contributed by atoms with van der Waals surface area (Å²) in [6.07, 6.45) is 2.53. The summed E-state index contributed by atoms with van der Waals surface area (Å²) in [7, 11) is 0. The summed E-state index contributed by atoms with van der Waals surface area (Å²) in [5.74, 6) is 0.739. The molecule has 0 saturated heterocycles. The third-order valence-corrected chi connectivity index (χ3v) is 4.60. The molecule has 0 aromatic heterocycles. The Morgan fingerprint density at radius 3 is 2.90 bits per heavy atom. The summed E-state index contributed by atoms with van der Waals surface area (Å²) in [6.45, 7) is 4.41. The Kier molecular flexibility index (Phi) is 2.69. The van der Waals surface area contributed by atoms with E-state index in [-0.39, 0.29) is 0 Å². The van der Waals surface area contributed by atoms with Crippen LogP contribution < -0.4 is 10.2 Å². The summed E-state index contributed by atoms with van der Waals surface area (Å²) in [5.41, 5.74) is 6.93. The van der Waals surface area contributed by atoms with Gasteiger partial charge in [-0.15, -0.1) is 0 Å². The van der Waals surface area contributed by atoms with Crippen LogP contribution in [0.2, 0.25) is 0 Å². The maximum atomic E-state index is 3.56. The zero-order valence-corrected chi connectivity index (χ0v) is 11.9. The first kappa shape index (κ1) is 11.8. The van der Waals surface area contributed by atoms with Gasteiger partial charge in [0.2, 0.25) is 0 Å². The second-order valence-electron chi connectivity index (χ2n) is 5.93. The largest absolute Gasteiger partial charge is 0.385 e. The van der Waals surface area contributed by atoms with Gasteiger partial charge in [-0.3, -0.25) is 0 Å². The van der Waals surface area contributed by atoms with Gasteiger partial charge < -0.3 is 10.2 Å². The Hall–Kier alpha value is -1.96. The molecule has 2 heteroatoms. The number of aryl methyl sites for hydroxylation is 1. The van der Waals surface area contributed by atoms with Gasteiger partial charge in [0, 0.05) is 35.7 Å². The normalized spacial score (nSPS) is 20.2. The predicted octanol–water partition coefficient (Wildman–Crippen LogP) is 4.44. The number of benzene rings is 2. The molecule has 2 aliphatic rings. The molecule has 2 aliphatic heterocycles. The van der Waals surface area contributed by atoms with Gasteiger partial charge >= 0.3 is 0 Å². The van der Waals surface area contributed by atoms with E-state index in [9.17, 15) is 0 Å². The van der Waals surface area contributed by atoms with Crippen LogP contribution in [0.3, 0.4) is 0 Å². The minimum absolute atomic E-state index is 0.739. The van der Waals surface area contributed by atoms with E-state index in [1.165, 1.54) is 41.0 Å². The van der Waals surface area contributed by atoms with E-state index in [0.29, 0.717) is 0 Å². The Bertz CT molecular complexity index is 648. The molecule has 2 aromatic rings. The third kappa shape index (κ3) is 1.79. The molecule has 2 aromatic carbocycles. The molecule has 0 spiro atoms. The highest BCUT2D eigenvalue weighted by Gasteiger charge is 2.30. The van der Waals surface area contributed by atoms with Crippen molar-refractivity contribution in [3.63, 3.8) is 0 Å². The molecular weight excluding hydrogens is 244 g/mol. The summed E-state index contributed by atoms with van der Waals surface area (Å²) >= 11 is 0. The van der Waals surface area contributed by atoms with Crippen molar-refractivity contribution in [1.82, 2.24) is 0 Å². The molecule has 0 aliphatic carbocycles. The van der Waals surface area contributed by atoms with Crippen LogP contribution in [0.4, 0.5) is 17.1 Å². The van der Waals surface area contributed by atoms with Crippen LogP contribution in [0.1, 0.15) is 29.9 Å². The fourth-order valence-electron chi connectivity index (χ4n) is 3.66. The summed E-state index contributed by atoms with van der Waals surface area (Å²) in [6, 6.07) is 15.5. The molecule has 0 bridgehead atoms. The Labute approximate surface area is 120 Å². The van der Waals surface area contributed by atoms with Gasteiger partial charge in [-0.25, -0.2) is 0 Å². The number of anilines is 3. The minimum atomic E-state index is 0.739. The van der Waals surface area contributed by atoms with Gasteiger partial charge in [-0.1, -0.05) is 18.2 Å². The highest BCUT2D eigenvalue weighted by Crippen LogP contribution is 2.46. The van der Waals surface area contributed by atoms with Crippen LogP contribution in [-0.4, -0.2) is 13.1 Å². The number of rotatable bonds is 1. The lowest BCUT2D eigenvalue weighted by Gasteiger charge is -2.39. The summed E-state index contributed by atoms with van der Waals surface area (Å²) in [4.78, 5) is 2.48. The quantitative estimate of drug-likeness (QED) is 0.819. The molecule has 0 saturated carbocycles. The number of nitrogens with one attached hydrogen (secondary N) is 1. The lowest BCUT2D eigenvalue weighted by Crippen LogP contribution is -2.30. The molecule has 0 fully saturated rings. The van der Waals surface area contributed by atoms with E-state index in [2.05, 4.69) is 59.6 Å². The topological polar surface area (TPSA) is 15.3 Å². The van der Waals surface area contributed by atoms with Crippen LogP contribution in [-0.2, 0) is 0 Å². The predicted molar refractivity (Wildman–Crippen MR) is 85.1 cm³/mol. The average Bonchev–Trinajstić information content (AvgIpc) is 2.48. The maximum Gasteiger partial charge on any atom is 0.0466 e. The molecule has 2 nitrogen and oxygen atoms in total. The van der Waals surface area contributed by atoms with Crippen molar-refractivity contribution < 1.29 is 0 Å². The second-order valence-corrected chi connectivity index (χ2v) is 5.93. The first-order chi connectivity index (χ1) is 9.83. The van der Waals surface area contributed by atoms with E-state index in [0.717, 1.165) is 19.0 Å². The lowest BCUT2D eigenvalue weighted by molar-refractivity contribution is 0.561. The van der Waals surface area contributed by atoms with Crippen molar-refractivity contribution in [2.75, 3.05) is 23.3 Å². The fourth-order valence-corrected chi connectivity index (χ4v) is 3.66. The minimum Gasteiger partial charge on any atom is -0.385 e. The SMILES string of the molecule is Cc1cccc(N2CCC3CCNc4cccc2c43)c1. The number of hydrogen-bond donors (Lipinski definition) is 1. The number of nitrogens with zero attached hydrogens (tertiary/aromatic N) is 1. The Balaban J connectivity index is 1.84. The van der Waals surface area contributed by atoms with Crippen LogP contribution in [0.25, 0.3) is 0 Å². The smallest absolute Gasteiger partial charge is 0.0466 e. The zero-order chi connectivity index (χ0) is 13.5. The van der Waals surface area contributed by atoms with E-state index in [1.807, 2.05) is 0 Å². The van der Waals surface area contributed by atoms with E-state index >= 15 is 0 Å². The molecule has 102 valence electrons. The molecule has 0 radical (unpaired) electrons. The Morgan fingerprint density at radius 2 is 2.00 bits per heavy atom. The highest BCUT2D eigenvalue weighted by molar-refractivity contribution is 5.76. The molecule has 1 unspecified atom stereocenters. The van der Waals surface area contributed by atoms with Crippen LogP contribution in [0.5, 0.6) is 0 Å². The van der Waals surface area contributed by atoms with E-state index < -0.39 is 0 Å². The summed E-state index contributed by atoms with van der Waals surface area (Å²) in [5, 5.41) is 3.56. The van der Waals surface area contributed by atoms with Gasteiger partial charge in [-0.2, -0.15) is 0 Å². The molecule has 20 heavy (non-hydrogen) atoms. The summed E-state index contributed by atoms with van der Waals surface area (Å²) < 4.78 is 0. The van der Waals surface area contributed by atoms with Crippen molar-refractivity contribution in [3.05, 3.63) is 53.6 Å². The maximum absolute atomic E-state index is 3.56. The monoisotopic (exact) mass is 264 g/mol. The highest BCUT2D eigenvalue weighted by atomic mass is 15.1. The average molecular weight is 264 g/mol. The van der Waals surface area contributed by atoms with Gasteiger partial charge in [0.05, 0.1) is 0 Å². The van der Waals surface area contributed by atoms with Crippen molar-refractivity contribution in [3.8, 4) is 0 Å².